The number of aryl methyl sites for hydroxylation is 1. The van der Waals surface area contributed by atoms with Gasteiger partial charge < -0.3 is 5.32 Å². The van der Waals surface area contributed by atoms with Crippen molar-refractivity contribution in [2.24, 2.45) is 0 Å². The molecule has 126 valence electrons. The van der Waals surface area contributed by atoms with E-state index in [0.29, 0.717) is 24.1 Å². The third kappa shape index (κ3) is 3.97. The van der Waals surface area contributed by atoms with Crippen molar-refractivity contribution in [3.63, 3.8) is 0 Å². The van der Waals surface area contributed by atoms with Crippen molar-refractivity contribution < 1.29 is 4.79 Å². The van der Waals surface area contributed by atoms with E-state index in [-0.39, 0.29) is 23.4 Å². The maximum absolute atomic E-state index is 12.5. The Kier molecular flexibility index (Phi) is 5.18. The summed E-state index contributed by atoms with van der Waals surface area (Å²) in [6, 6.07) is 0. The fourth-order valence-corrected chi connectivity index (χ4v) is 2.31. The molecule has 0 aliphatic rings. The zero-order chi connectivity index (χ0) is 17.0. The molecule has 0 saturated heterocycles. The lowest BCUT2D eigenvalue weighted by Gasteiger charge is -2.19. The first-order chi connectivity index (χ1) is 10.8. The van der Waals surface area contributed by atoms with Crippen molar-refractivity contribution in [2.75, 3.05) is 6.54 Å². The number of carbonyl (C=O) groups is 1. The Balaban J connectivity index is 2.13. The summed E-state index contributed by atoms with van der Waals surface area (Å²) in [4.78, 5) is 28.6. The molecule has 7 nitrogen and oxygen atoms in total. The van der Waals surface area contributed by atoms with Crippen LogP contribution < -0.4 is 10.9 Å². The van der Waals surface area contributed by atoms with Crippen molar-refractivity contribution in [1.82, 2.24) is 24.6 Å². The van der Waals surface area contributed by atoms with Crippen LogP contribution in [0.1, 0.15) is 47.0 Å². The van der Waals surface area contributed by atoms with Gasteiger partial charge in [-0.3, -0.25) is 14.2 Å². The lowest BCUT2D eigenvalue weighted by atomic mass is 10.1. The highest BCUT2D eigenvalue weighted by Crippen LogP contribution is 2.17. The molecule has 0 atom stereocenters. The lowest BCUT2D eigenvalue weighted by molar-refractivity contribution is -0.121. The van der Waals surface area contributed by atoms with E-state index in [2.05, 4.69) is 22.3 Å². The number of carbonyl (C=O) groups excluding carboxylic acids is 1. The van der Waals surface area contributed by atoms with Crippen LogP contribution in [0.2, 0.25) is 0 Å². The SMILES string of the molecule is CCCCNC(=O)CCn1cnc2c(cnn2C(C)(C)C)c1=O. The highest BCUT2D eigenvalue weighted by Gasteiger charge is 2.19. The number of aromatic nitrogens is 4. The molecule has 0 unspecified atom stereocenters. The molecule has 0 bridgehead atoms. The van der Waals surface area contributed by atoms with E-state index >= 15 is 0 Å². The van der Waals surface area contributed by atoms with Crippen molar-refractivity contribution in [3.8, 4) is 0 Å². The molecule has 0 aliphatic heterocycles. The maximum atomic E-state index is 12.5. The van der Waals surface area contributed by atoms with E-state index in [1.807, 2.05) is 20.8 Å². The molecule has 23 heavy (non-hydrogen) atoms. The standard InChI is InChI=1S/C16H25N5O2/c1-5-6-8-17-13(22)7-9-20-11-18-14-12(15(20)23)10-19-21(14)16(2,3)4/h10-11H,5-9H2,1-4H3,(H,17,22). The molecule has 2 rings (SSSR count). The predicted molar refractivity (Wildman–Crippen MR) is 89.3 cm³/mol. The van der Waals surface area contributed by atoms with Crippen LogP contribution in [0.3, 0.4) is 0 Å². The summed E-state index contributed by atoms with van der Waals surface area (Å²) < 4.78 is 3.21. The highest BCUT2D eigenvalue weighted by molar-refractivity contribution is 5.76. The molecular weight excluding hydrogens is 294 g/mol. The number of nitrogens with zero attached hydrogens (tertiary/aromatic N) is 4. The number of nitrogens with one attached hydrogen (secondary N) is 1. The average molecular weight is 319 g/mol. The number of unbranched alkanes of at least 4 members (excludes halogenated alkanes) is 1. The number of fused-ring (bicyclic) bond motifs is 1. The summed E-state index contributed by atoms with van der Waals surface area (Å²) in [5, 5.41) is 7.60. The molecule has 0 aliphatic carbocycles. The summed E-state index contributed by atoms with van der Waals surface area (Å²) in [5.74, 6) is -0.0455. The van der Waals surface area contributed by atoms with E-state index in [1.54, 1.807) is 10.9 Å². The van der Waals surface area contributed by atoms with Gasteiger partial charge in [-0.15, -0.1) is 0 Å². The normalized spacial score (nSPS) is 11.8. The predicted octanol–water partition coefficient (Wildman–Crippen LogP) is 1.65. The molecule has 0 radical (unpaired) electrons. The van der Waals surface area contributed by atoms with Crippen LogP contribution in [-0.4, -0.2) is 31.8 Å². The van der Waals surface area contributed by atoms with Gasteiger partial charge in [0.05, 0.1) is 18.1 Å². The Morgan fingerprint density at radius 3 is 2.74 bits per heavy atom. The number of hydrogen-bond donors (Lipinski definition) is 1. The van der Waals surface area contributed by atoms with Gasteiger partial charge in [-0.1, -0.05) is 13.3 Å². The zero-order valence-electron chi connectivity index (χ0n) is 14.3. The molecule has 2 aromatic rings. The van der Waals surface area contributed by atoms with Gasteiger partial charge >= 0.3 is 0 Å². The maximum Gasteiger partial charge on any atom is 0.264 e. The summed E-state index contributed by atoms with van der Waals surface area (Å²) in [5.41, 5.74) is 0.171. The summed E-state index contributed by atoms with van der Waals surface area (Å²) in [6.45, 7) is 9.10. The van der Waals surface area contributed by atoms with Crippen LogP contribution in [0, 0.1) is 0 Å². The van der Waals surface area contributed by atoms with Gasteiger partial charge in [0.15, 0.2) is 5.65 Å². The first kappa shape index (κ1) is 17.2. The molecule has 1 N–H and O–H groups in total. The minimum atomic E-state index is -0.244. The second-order valence-corrected chi connectivity index (χ2v) is 6.66. The third-order valence-corrected chi connectivity index (χ3v) is 3.62. The Labute approximate surface area is 135 Å². The quantitative estimate of drug-likeness (QED) is 0.821. The second-order valence-electron chi connectivity index (χ2n) is 6.66. The van der Waals surface area contributed by atoms with E-state index in [0.717, 1.165) is 12.8 Å². The number of amides is 1. The summed E-state index contributed by atoms with van der Waals surface area (Å²) in [6.07, 6.45) is 5.31. The van der Waals surface area contributed by atoms with Crippen LogP contribution in [0.15, 0.2) is 17.3 Å². The lowest BCUT2D eigenvalue weighted by Crippen LogP contribution is -2.28. The van der Waals surface area contributed by atoms with Crippen LogP contribution in [0.5, 0.6) is 0 Å². The molecule has 2 aromatic heterocycles. The van der Waals surface area contributed by atoms with Crippen molar-refractivity contribution in [2.45, 2.75) is 59.0 Å². The van der Waals surface area contributed by atoms with Crippen molar-refractivity contribution in [3.05, 3.63) is 22.9 Å². The first-order valence-electron chi connectivity index (χ1n) is 8.05. The second kappa shape index (κ2) is 6.93. The van der Waals surface area contributed by atoms with Gasteiger partial charge in [0, 0.05) is 19.5 Å². The largest absolute Gasteiger partial charge is 0.356 e. The van der Waals surface area contributed by atoms with E-state index in [4.69, 9.17) is 0 Å². The molecule has 0 aromatic carbocycles. The number of rotatable bonds is 6. The topological polar surface area (TPSA) is 81.8 Å². The Morgan fingerprint density at radius 1 is 1.35 bits per heavy atom. The molecule has 0 saturated carbocycles. The molecule has 0 spiro atoms. The highest BCUT2D eigenvalue weighted by atomic mass is 16.1. The van der Waals surface area contributed by atoms with Crippen LogP contribution in [0.4, 0.5) is 0 Å². The molecule has 1 amide bonds. The van der Waals surface area contributed by atoms with E-state index in [1.165, 1.54) is 10.9 Å². The van der Waals surface area contributed by atoms with Gasteiger partial charge in [0.25, 0.3) is 5.56 Å². The van der Waals surface area contributed by atoms with Crippen LogP contribution in [-0.2, 0) is 16.9 Å². The third-order valence-electron chi connectivity index (χ3n) is 3.62. The minimum Gasteiger partial charge on any atom is -0.356 e. The van der Waals surface area contributed by atoms with Gasteiger partial charge in [-0.25, -0.2) is 9.67 Å². The fourth-order valence-electron chi connectivity index (χ4n) is 2.31. The van der Waals surface area contributed by atoms with Gasteiger partial charge in [0.2, 0.25) is 5.91 Å². The van der Waals surface area contributed by atoms with Gasteiger partial charge in [-0.05, 0) is 27.2 Å². The molecule has 0 fully saturated rings. The van der Waals surface area contributed by atoms with E-state index < -0.39 is 0 Å². The van der Waals surface area contributed by atoms with Crippen LogP contribution in [0.25, 0.3) is 11.0 Å². The zero-order valence-corrected chi connectivity index (χ0v) is 14.3. The monoisotopic (exact) mass is 319 g/mol. The first-order valence-corrected chi connectivity index (χ1v) is 8.05. The van der Waals surface area contributed by atoms with Gasteiger partial charge in [0.1, 0.15) is 5.39 Å². The Hall–Kier alpha value is -2.18. The fraction of sp³-hybridized carbons (Fsp3) is 0.625. The Morgan fingerprint density at radius 2 is 2.09 bits per heavy atom. The number of hydrogen-bond acceptors (Lipinski definition) is 4. The van der Waals surface area contributed by atoms with E-state index in [9.17, 15) is 9.59 Å². The van der Waals surface area contributed by atoms with Crippen LogP contribution >= 0.6 is 0 Å². The molecule has 2 heterocycles. The van der Waals surface area contributed by atoms with Crippen molar-refractivity contribution in [1.29, 1.82) is 0 Å². The summed E-state index contributed by atoms with van der Waals surface area (Å²) in [7, 11) is 0. The summed E-state index contributed by atoms with van der Waals surface area (Å²) >= 11 is 0. The average Bonchev–Trinajstić information content (AvgIpc) is 2.91. The molecular formula is C16H25N5O2. The van der Waals surface area contributed by atoms with Crippen molar-refractivity contribution >= 4 is 16.9 Å². The minimum absolute atomic E-state index is 0.0455. The Bertz CT molecular complexity index is 739. The van der Waals surface area contributed by atoms with Gasteiger partial charge in [-0.2, -0.15) is 5.10 Å². The smallest absolute Gasteiger partial charge is 0.264 e. The molecule has 7 heteroatoms.